The summed E-state index contributed by atoms with van der Waals surface area (Å²) >= 11 is 0. The minimum absolute atomic E-state index is 0.322. The summed E-state index contributed by atoms with van der Waals surface area (Å²) < 4.78 is 20.9. The molecule has 0 amide bonds. The van der Waals surface area contributed by atoms with Gasteiger partial charge in [-0.25, -0.2) is 13.8 Å². The van der Waals surface area contributed by atoms with Crippen LogP contribution in [0.3, 0.4) is 0 Å². The number of halogens is 1. The van der Waals surface area contributed by atoms with Gasteiger partial charge in [-0.1, -0.05) is 20.8 Å². The summed E-state index contributed by atoms with van der Waals surface area (Å²) in [5.41, 5.74) is 3.06. The van der Waals surface area contributed by atoms with Crippen molar-refractivity contribution in [1.82, 2.24) is 9.55 Å². The van der Waals surface area contributed by atoms with Gasteiger partial charge in [0, 0.05) is 29.1 Å². The molecule has 2 aromatic heterocycles. The zero-order valence-corrected chi connectivity index (χ0v) is 17.8. The van der Waals surface area contributed by atoms with Gasteiger partial charge in [-0.3, -0.25) is 4.98 Å². The first-order valence-corrected chi connectivity index (χ1v) is 9.63. The van der Waals surface area contributed by atoms with Gasteiger partial charge in [-0.05, 0) is 74.4 Å². The third-order valence-corrected chi connectivity index (χ3v) is 4.45. The number of carbonyl (C=O) groups is 1. The average molecular weight is 394 g/mol. The number of carbonyl (C=O) groups excluding carboxylic acids is 1. The van der Waals surface area contributed by atoms with Crippen LogP contribution in [0.2, 0.25) is 0 Å². The topological polar surface area (TPSA) is 44.1 Å². The maximum absolute atomic E-state index is 13.6. The summed E-state index contributed by atoms with van der Waals surface area (Å²) in [5.74, 6) is -0.328. The molecule has 0 unspecified atom stereocenters. The zero-order chi connectivity index (χ0) is 21.4. The van der Waals surface area contributed by atoms with Gasteiger partial charge in [0.25, 0.3) is 0 Å². The first-order valence-electron chi connectivity index (χ1n) is 9.63. The molecule has 5 heteroatoms. The highest BCUT2D eigenvalue weighted by atomic mass is 19.1. The van der Waals surface area contributed by atoms with Crippen LogP contribution in [-0.2, 0) is 10.2 Å². The van der Waals surface area contributed by atoms with Crippen molar-refractivity contribution in [3.05, 3.63) is 66.4 Å². The van der Waals surface area contributed by atoms with E-state index >= 15 is 0 Å². The van der Waals surface area contributed by atoms with Gasteiger partial charge in [0.2, 0.25) is 0 Å². The van der Waals surface area contributed by atoms with Crippen molar-refractivity contribution < 1.29 is 13.9 Å². The Kier molecular flexibility index (Phi) is 5.35. The lowest BCUT2D eigenvalue weighted by molar-refractivity contribution is 0.0531. The Labute approximate surface area is 171 Å². The number of hydrogen-bond donors (Lipinski definition) is 0. The minimum atomic E-state index is -0.645. The minimum Gasteiger partial charge on any atom is -0.443 e. The van der Waals surface area contributed by atoms with E-state index in [0.29, 0.717) is 5.69 Å². The van der Waals surface area contributed by atoms with E-state index in [-0.39, 0.29) is 11.2 Å². The molecule has 0 aliphatic heterocycles. The monoisotopic (exact) mass is 394 g/mol. The van der Waals surface area contributed by atoms with Crippen molar-refractivity contribution in [1.29, 1.82) is 0 Å². The second-order valence-corrected chi connectivity index (χ2v) is 9.10. The van der Waals surface area contributed by atoms with Crippen LogP contribution in [0.4, 0.5) is 9.18 Å². The van der Waals surface area contributed by atoms with Gasteiger partial charge in [0.05, 0.1) is 5.69 Å². The number of benzene rings is 1. The molecule has 1 aromatic carbocycles. The molecule has 0 bridgehead atoms. The highest BCUT2D eigenvalue weighted by molar-refractivity contribution is 5.90. The Bertz CT molecular complexity index is 1010. The second-order valence-electron chi connectivity index (χ2n) is 9.10. The average Bonchev–Trinajstić information content (AvgIpc) is 3.03. The van der Waals surface area contributed by atoms with E-state index in [4.69, 9.17) is 4.74 Å². The Morgan fingerprint density at radius 2 is 1.52 bits per heavy atom. The molecule has 0 spiro atoms. The van der Waals surface area contributed by atoms with E-state index in [0.717, 1.165) is 22.4 Å². The van der Waals surface area contributed by atoms with Crippen molar-refractivity contribution in [2.75, 3.05) is 0 Å². The van der Waals surface area contributed by atoms with Gasteiger partial charge in [0.15, 0.2) is 0 Å². The number of rotatable bonds is 2. The van der Waals surface area contributed by atoms with Crippen LogP contribution in [0, 0.1) is 5.82 Å². The van der Waals surface area contributed by atoms with E-state index in [1.807, 2.05) is 59.7 Å². The molecule has 0 aliphatic rings. The lowest BCUT2D eigenvalue weighted by atomic mass is 9.91. The Hall–Kier alpha value is -2.95. The summed E-state index contributed by atoms with van der Waals surface area (Å²) in [5, 5.41) is 0. The summed E-state index contributed by atoms with van der Waals surface area (Å²) in [6, 6.07) is 12.0. The lowest BCUT2D eigenvalue weighted by Crippen LogP contribution is -2.30. The van der Waals surface area contributed by atoms with Gasteiger partial charge in [-0.2, -0.15) is 0 Å². The number of aromatic nitrogens is 2. The van der Waals surface area contributed by atoms with Crippen molar-refractivity contribution in [2.45, 2.75) is 52.6 Å². The van der Waals surface area contributed by atoms with Crippen molar-refractivity contribution in [3.63, 3.8) is 0 Å². The lowest BCUT2D eigenvalue weighted by Gasteiger charge is -2.25. The molecule has 0 atom stereocenters. The summed E-state index contributed by atoms with van der Waals surface area (Å²) in [6.45, 7) is 11.7. The van der Waals surface area contributed by atoms with Gasteiger partial charge in [-0.15, -0.1) is 0 Å². The highest BCUT2D eigenvalue weighted by Crippen LogP contribution is 2.39. The van der Waals surface area contributed by atoms with E-state index in [1.54, 1.807) is 29.1 Å². The second kappa shape index (κ2) is 7.47. The van der Waals surface area contributed by atoms with Crippen molar-refractivity contribution in [2.24, 2.45) is 0 Å². The molecule has 0 saturated heterocycles. The molecule has 0 radical (unpaired) electrons. The normalized spacial score (nSPS) is 12.1. The third-order valence-electron chi connectivity index (χ3n) is 4.45. The summed E-state index contributed by atoms with van der Waals surface area (Å²) in [4.78, 5) is 17.4. The molecule has 0 N–H and O–H groups in total. The van der Waals surface area contributed by atoms with Crippen molar-refractivity contribution >= 4 is 6.09 Å². The number of hydrogen-bond acceptors (Lipinski definition) is 3. The van der Waals surface area contributed by atoms with E-state index in [2.05, 4.69) is 4.98 Å². The molecule has 0 aliphatic carbocycles. The Morgan fingerprint density at radius 1 is 0.931 bits per heavy atom. The highest BCUT2D eigenvalue weighted by Gasteiger charge is 2.31. The van der Waals surface area contributed by atoms with Crippen molar-refractivity contribution in [3.8, 4) is 22.4 Å². The Morgan fingerprint density at radius 3 is 2.03 bits per heavy atom. The molecule has 0 fully saturated rings. The van der Waals surface area contributed by atoms with E-state index in [1.165, 1.54) is 12.1 Å². The molecular weight excluding hydrogens is 367 g/mol. The summed E-state index contributed by atoms with van der Waals surface area (Å²) in [6.07, 6.45) is 2.97. The molecule has 3 rings (SSSR count). The van der Waals surface area contributed by atoms with Crippen LogP contribution in [0.25, 0.3) is 22.4 Å². The maximum atomic E-state index is 13.6. The maximum Gasteiger partial charge on any atom is 0.419 e. The molecule has 152 valence electrons. The van der Waals surface area contributed by atoms with Crippen LogP contribution in [0.1, 0.15) is 47.2 Å². The Balaban J connectivity index is 2.35. The van der Waals surface area contributed by atoms with Crippen LogP contribution in [0.5, 0.6) is 0 Å². The molecule has 29 heavy (non-hydrogen) atoms. The first-order chi connectivity index (χ1) is 13.5. The SMILES string of the molecule is CC(C)(C)OC(=O)n1c(C(C)(C)C)cc(-c2ccncc2)c1-c1ccc(F)cc1. The van der Waals surface area contributed by atoms with Gasteiger partial charge in [0.1, 0.15) is 11.4 Å². The molecule has 3 aromatic rings. The van der Waals surface area contributed by atoms with Gasteiger partial charge < -0.3 is 4.74 Å². The standard InChI is InChI=1S/C24H27FN2O2/c1-23(2,3)20-15-19(16-11-13-26-14-12-16)21(17-7-9-18(25)10-8-17)27(20)22(28)29-24(4,5)6/h7-15H,1-6H3. The fraction of sp³-hybridized carbons (Fsp3) is 0.333. The molecular formula is C24H27FN2O2. The van der Waals surface area contributed by atoms with E-state index < -0.39 is 11.7 Å². The molecule has 4 nitrogen and oxygen atoms in total. The number of pyridine rings is 1. The first kappa shape index (κ1) is 20.8. The zero-order valence-electron chi connectivity index (χ0n) is 17.8. The van der Waals surface area contributed by atoms with Crippen LogP contribution < -0.4 is 0 Å². The summed E-state index contributed by atoms with van der Waals surface area (Å²) in [7, 11) is 0. The fourth-order valence-electron chi connectivity index (χ4n) is 3.20. The predicted molar refractivity (Wildman–Crippen MR) is 113 cm³/mol. The largest absolute Gasteiger partial charge is 0.443 e. The molecule has 2 heterocycles. The number of nitrogens with zero attached hydrogens (tertiary/aromatic N) is 2. The van der Waals surface area contributed by atoms with Crippen LogP contribution >= 0.6 is 0 Å². The molecule has 0 saturated carbocycles. The quantitative estimate of drug-likeness (QED) is 0.502. The van der Waals surface area contributed by atoms with Crippen LogP contribution in [-0.4, -0.2) is 21.2 Å². The smallest absolute Gasteiger partial charge is 0.419 e. The fourth-order valence-corrected chi connectivity index (χ4v) is 3.20. The third kappa shape index (κ3) is 4.56. The van der Waals surface area contributed by atoms with E-state index in [9.17, 15) is 9.18 Å². The van der Waals surface area contributed by atoms with Crippen LogP contribution in [0.15, 0.2) is 54.9 Å². The predicted octanol–water partition coefficient (Wildman–Crippen LogP) is 6.44. The van der Waals surface area contributed by atoms with Gasteiger partial charge >= 0.3 is 6.09 Å². The number of ether oxygens (including phenoxy) is 1.